The average molecular weight is 1130 g/mol. The van der Waals surface area contributed by atoms with E-state index in [1.807, 2.05) is 0 Å². The molecule has 0 aromatic heterocycles. The van der Waals surface area contributed by atoms with Crippen LogP contribution in [0.5, 0.6) is 0 Å². The topological polar surface area (TPSA) is 138 Å². The molecule has 15 nitrogen and oxygen atoms in total. The fraction of sp³-hybridized carbons (Fsp3) is 0.947. The molecule has 0 amide bonds. The highest BCUT2D eigenvalue weighted by molar-refractivity contribution is 6.86. The van der Waals surface area contributed by atoms with Crippen LogP contribution in [0.4, 0.5) is 0 Å². The van der Waals surface area contributed by atoms with Crippen molar-refractivity contribution in [3.63, 3.8) is 0 Å². The molecule has 26 heteroatoms. The van der Waals surface area contributed by atoms with E-state index in [0.717, 1.165) is 24.2 Å². The van der Waals surface area contributed by atoms with E-state index < -0.39 is 96.8 Å². The zero-order chi connectivity index (χ0) is 44.0. The summed E-state index contributed by atoms with van der Waals surface area (Å²) in [5.74, 6) is 0. The number of hydrogen-bond acceptors (Lipinski definition) is 15. The van der Waals surface area contributed by atoms with Crippen LogP contribution < -0.4 is 0 Å². The molecule has 0 aliphatic rings. The maximum Gasteiger partial charge on any atom is 0.528 e. The van der Waals surface area contributed by atoms with Crippen molar-refractivity contribution in [2.24, 2.45) is 0 Å². The molecular weight excluding hydrogens is 1010 g/mol. The van der Waals surface area contributed by atoms with Gasteiger partial charge in [0.1, 0.15) is 0 Å². The van der Waals surface area contributed by atoms with Crippen LogP contribution in [0.1, 0.15) is 66.8 Å². The highest BCUT2D eigenvalue weighted by atomic mass is 28.5. The Balaban J connectivity index is -0.0000000715. The Labute approximate surface area is 417 Å². The normalized spacial score (nSPS) is 12.6. The Bertz CT molecular complexity index is 973. The molecule has 0 aliphatic heterocycles. The summed E-state index contributed by atoms with van der Waals surface area (Å²) in [5.41, 5.74) is 1.58. The lowest BCUT2D eigenvalue weighted by Crippen LogP contribution is -2.52. The fourth-order valence-electron chi connectivity index (χ4n) is 5.60. The largest absolute Gasteiger partial charge is 0.528 e. The highest BCUT2D eigenvalue weighted by Crippen LogP contribution is 2.28. The van der Waals surface area contributed by atoms with Crippen LogP contribution >= 0.6 is 0 Å². The standard InChI is InChI=1S/C17H48O9Si6.C7H24O3Si4.C5H12O3Si.9CH4/c1-18-31(19-2,20-3)16-14-28(8,9)24-27(7)25-30(12,13)26-29(10,11)15-17-32(21-4,22-5)23-6;1-11(2)8-13(5)10-14(6,7)9-12(3)4;1-5-9(6-2,7-3)8-4;;;;;;;;;/h27H,14-17H2,1-13H3;11-13H,1-7H3;5H,1H2,2-4H3;9*1H4. The second kappa shape index (κ2) is 45.7. The van der Waals surface area contributed by atoms with Crippen LogP contribution in [0.15, 0.2) is 12.3 Å². The van der Waals surface area contributed by atoms with E-state index in [0.29, 0.717) is 0 Å². The molecule has 0 heterocycles. The molecule has 0 bridgehead atoms. The third-order valence-electron chi connectivity index (χ3n) is 7.93. The summed E-state index contributed by atoms with van der Waals surface area (Å²) in [7, 11) is -6.58. The minimum absolute atomic E-state index is 0. The van der Waals surface area contributed by atoms with Crippen LogP contribution in [-0.4, -0.2) is 161 Å². The van der Waals surface area contributed by atoms with E-state index >= 15 is 0 Å². The van der Waals surface area contributed by atoms with Crippen LogP contribution in [0.2, 0.25) is 116 Å². The SMILES string of the molecule is C.C.C.C.C.C.C.C.C.C=C[Si](OC)(OC)OC.CO[Si](CC[Si](C)(C)O[SiH](C)O[Si](C)(C)O[Si](C)(C)CC[Si](OC)(OC)OC)(OC)OC.C[SiH](C)O[SiH](C)O[Si](C)(C)O[SiH](C)C. The monoisotopic (exact) mass is 1120 g/mol. The van der Waals surface area contributed by atoms with Gasteiger partial charge in [-0.2, -0.15) is 0 Å². The van der Waals surface area contributed by atoms with Gasteiger partial charge in [0.05, 0.1) is 0 Å². The maximum absolute atomic E-state index is 6.63. The van der Waals surface area contributed by atoms with Gasteiger partial charge in [-0.25, -0.2) is 0 Å². The number of rotatable bonds is 28. The molecule has 0 rings (SSSR count). The summed E-state index contributed by atoms with van der Waals surface area (Å²) >= 11 is 0. The molecule has 64 heavy (non-hydrogen) atoms. The van der Waals surface area contributed by atoms with Gasteiger partial charge >= 0.3 is 43.5 Å². The van der Waals surface area contributed by atoms with Crippen LogP contribution in [-0.2, 0) is 64.5 Å². The molecule has 406 valence electrons. The lowest BCUT2D eigenvalue weighted by molar-refractivity contribution is 0.124. The van der Waals surface area contributed by atoms with Gasteiger partial charge in [0.25, 0.3) is 18.6 Å². The Morgan fingerprint density at radius 2 is 0.688 bits per heavy atom. The first-order chi connectivity index (χ1) is 25.1. The first-order valence-corrected chi connectivity index (χ1v) is 46.0. The van der Waals surface area contributed by atoms with Crippen molar-refractivity contribution in [3.8, 4) is 0 Å². The Morgan fingerprint density at radius 1 is 0.375 bits per heavy atom. The van der Waals surface area contributed by atoms with Gasteiger partial charge in [-0.05, 0) is 109 Å². The molecule has 0 saturated carbocycles. The maximum atomic E-state index is 6.63. The highest BCUT2D eigenvalue weighted by Gasteiger charge is 2.44. The van der Waals surface area contributed by atoms with E-state index in [9.17, 15) is 0 Å². The smallest absolute Gasteiger partial charge is 0.442 e. The minimum Gasteiger partial charge on any atom is -0.442 e. The summed E-state index contributed by atoms with van der Waals surface area (Å²) in [6.07, 6.45) is 0. The molecule has 0 N–H and O–H groups in total. The average Bonchev–Trinajstić information content (AvgIpc) is 3.06. The Morgan fingerprint density at radius 3 is 0.938 bits per heavy atom. The lowest BCUT2D eigenvalue weighted by atomic mass is 10.9. The summed E-state index contributed by atoms with van der Waals surface area (Å²) in [4.78, 5) is 0. The summed E-state index contributed by atoms with van der Waals surface area (Å²) in [6, 6.07) is 3.23. The van der Waals surface area contributed by atoms with Crippen molar-refractivity contribution in [1.29, 1.82) is 0 Å². The van der Waals surface area contributed by atoms with E-state index in [2.05, 4.69) is 98.2 Å². The third-order valence-corrected chi connectivity index (χ3v) is 42.6. The summed E-state index contributed by atoms with van der Waals surface area (Å²) in [6.45, 7) is 33.7. The van der Waals surface area contributed by atoms with Crippen molar-refractivity contribution in [2.45, 2.75) is 183 Å². The van der Waals surface area contributed by atoms with Crippen molar-refractivity contribution in [2.75, 3.05) is 64.0 Å². The van der Waals surface area contributed by atoms with Crippen molar-refractivity contribution < 1.29 is 64.5 Å². The minimum atomic E-state index is -2.61. The van der Waals surface area contributed by atoms with Gasteiger partial charge in [0.15, 0.2) is 34.7 Å². The zero-order valence-electron chi connectivity index (χ0n) is 39.0. The third kappa shape index (κ3) is 43.5. The second-order valence-electron chi connectivity index (χ2n) is 15.3. The van der Waals surface area contributed by atoms with Crippen molar-refractivity contribution in [1.82, 2.24) is 0 Å². The van der Waals surface area contributed by atoms with Gasteiger partial charge in [-0.3, -0.25) is 0 Å². The molecule has 0 aromatic rings. The Kier molecular flexibility index (Phi) is 67.9. The second-order valence-corrected chi connectivity index (χ2v) is 50.1. The van der Waals surface area contributed by atoms with E-state index in [-0.39, 0.29) is 66.8 Å². The van der Waals surface area contributed by atoms with E-state index in [1.165, 1.54) is 0 Å². The molecule has 0 radical (unpaired) electrons. The van der Waals surface area contributed by atoms with Crippen LogP contribution in [0.25, 0.3) is 0 Å². The molecule has 0 aromatic carbocycles. The van der Waals surface area contributed by atoms with E-state index in [1.54, 1.807) is 69.7 Å². The zero-order valence-corrected chi connectivity index (χ0v) is 50.7. The quantitative estimate of drug-likeness (QED) is 0.0686. The van der Waals surface area contributed by atoms with Crippen LogP contribution in [0.3, 0.4) is 0 Å². The van der Waals surface area contributed by atoms with E-state index in [4.69, 9.17) is 64.5 Å². The molecular formula is C38H120O15Si11. The predicted molar refractivity (Wildman–Crippen MR) is 311 cm³/mol. The first-order valence-electron chi connectivity index (χ1n) is 18.7. The molecule has 0 spiro atoms. The predicted octanol–water partition coefficient (Wildman–Crippen LogP) is 11.6. The van der Waals surface area contributed by atoms with Gasteiger partial charge in [0.2, 0.25) is 0 Å². The van der Waals surface area contributed by atoms with Crippen molar-refractivity contribution in [3.05, 3.63) is 12.3 Å². The molecule has 0 aliphatic carbocycles. The summed E-state index contributed by atoms with van der Waals surface area (Å²) in [5, 5.41) is 0. The van der Waals surface area contributed by atoms with Gasteiger partial charge in [-0.1, -0.05) is 73.4 Å². The summed E-state index contributed by atoms with van der Waals surface area (Å²) < 4.78 is 85.5. The number of hydrogen-bond donors (Lipinski definition) is 0. The molecule has 2 atom stereocenters. The Hall–Kier alpha value is 1.53. The molecule has 0 fully saturated rings. The van der Waals surface area contributed by atoms with Crippen molar-refractivity contribution >= 4 is 96.8 Å². The fourth-order valence-corrected chi connectivity index (χ4v) is 42.6. The first kappa shape index (κ1) is 95.2. The van der Waals surface area contributed by atoms with Crippen LogP contribution in [0, 0.1) is 0 Å². The lowest BCUT2D eigenvalue weighted by Gasteiger charge is -2.38. The van der Waals surface area contributed by atoms with Gasteiger partial charge in [0, 0.05) is 76.1 Å². The molecule has 0 saturated heterocycles. The van der Waals surface area contributed by atoms with Gasteiger partial charge in [-0.15, -0.1) is 0 Å². The molecule has 2 unspecified atom stereocenters. The van der Waals surface area contributed by atoms with Gasteiger partial charge < -0.3 is 64.5 Å².